The van der Waals surface area contributed by atoms with Gasteiger partial charge in [0.25, 0.3) is 0 Å². The summed E-state index contributed by atoms with van der Waals surface area (Å²) >= 11 is 3.81. The van der Waals surface area contributed by atoms with Gasteiger partial charge < -0.3 is 0 Å². The van der Waals surface area contributed by atoms with Crippen molar-refractivity contribution in [1.82, 2.24) is 0 Å². The van der Waals surface area contributed by atoms with Gasteiger partial charge in [0.05, 0.1) is 0 Å². The standard InChI is InChI=1S/C10H17Br/c1-2-10(11)9-6-7-3-4-8(9)5-7/h7-10H,2-6H2,1H3. The fraction of sp³-hybridized carbons (Fsp3) is 1.00. The van der Waals surface area contributed by atoms with Gasteiger partial charge in [0.2, 0.25) is 0 Å². The molecule has 0 aromatic carbocycles. The largest absolute Gasteiger partial charge is 0.0888 e. The summed E-state index contributed by atoms with van der Waals surface area (Å²) in [6.45, 7) is 2.30. The van der Waals surface area contributed by atoms with Crippen molar-refractivity contribution in [2.45, 2.75) is 43.9 Å². The fourth-order valence-electron chi connectivity index (χ4n) is 3.04. The van der Waals surface area contributed by atoms with Crippen molar-refractivity contribution in [2.24, 2.45) is 17.8 Å². The molecule has 0 radical (unpaired) electrons. The highest BCUT2D eigenvalue weighted by Gasteiger charge is 2.41. The van der Waals surface area contributed by atoms with Crippen LogP contribution in [-0.4, -0.2) is 4.83 Å². The van der Waals surface area contributed by atoms with Crippen LogP contribution in [0.4, 0.5) is 0 Å². The summed E-state index contributed by atoms with van der Waals surface area (Å²) in [5, 5.41) is 0. The van der Waals surface area contributed by atoms with Crippen LogP contribution in [0.5, 0.6) is 0 Å². The van der Waals surface area contributed by atoms with Gasteiger partial charge in [0.15, 0.2) is 0 Å². The summed E-state index contributed by atoms with van der Waals surface area (Å²) in [5.41, 5.74) is 0. The van der Waals surface area contributed by atoms with Gasteiger partial charge in [-0.2, -0.15) is 0 Å². The van der Waals surface area contributed by atoms with E-state index in [-0.39, 0.29) is 0 Å². The van der Waals surface area contributed by atoms with Crippen LogP contribution < -0.4 is 0 Å². The first kappa shape index (κ1) is 8.10. The van der Waals surface area contributed by atoms with Crippen LogP contribution in [0, 0.1) is 17.8 Å². The van der Waals surface area contributed by atoms with E-state index < -0.39 is 0 Å². The summed E-state index contributed by atoms with van der Waals surface area (Å²) in [6.07, 6.45) is 7.44. The molecule has 0 aromatic rings. The maximum absolute atomic E-state index is 3.81. The van der Waals surface area contributed by atoms with Crippen LogP contribution in [0.15, 0.2) is 0 Å². The van der Waals surface area contributed by atoms with E-state index >= 15 is 0 Å². The summed E-state index contributed by atoms with van der Waals surface area (Å²) in [6, 6.07) is 0. The van der Waals surface area contributed by atoms with Gasteiger partial charge in [0.1, 0.15) is 0 Å². The van der Waals surface area contributed by atoms with E-state index in [1.165, 1.54) is 25.7 Å². The molecule has 2 aliphatic rings. The summed E-state index contributed by atoms with van der Waals surface area (Å²) in [5.74, 6) is 3.22. The molecule has 0 spiro atoms. The SMILES string of the molecule is CCC(Br)C1CC2CCC1C2. The Bertz CT molecular complexity index is 144. The third-order valence-corrected chi connectivity index (χ3v) is 4.97. The Balaban J connectivity index is 1.96. The number of alkyl halides is 1. The minimum absolute atomic E-state index is 0.817. The normalized spacial score (nSPS) is 44.7. The molecule has 2 aliphatic carbocycles. The summed E-state index contributed by atoms with van der Waals surface area (Å²) < 4.78 is 0. The fourth-order valence-corrected chi connectivity index (χ4v) is 3.69. The Kier molecular flexibility index (Phi) is 2.27. The molecule has 2 saturated carbocycles. The molecule has 4 unspecified atom stereocenters. The Morgan fingerprint density at radius 2 is 2.18 bits per heavy atom. The lowest BCUT2D eigenvalue weighted by Gasteiger charge is -2.25. The number of hydrogen-bond acceptors (Lipinski definition) is 0. The van der Waals surface area contributed by atoms with Crippen LogP contribution >= 0.6 is 15.9 Å². The minimum Gasteiger partial charge on any atom is -0.0888 e. The van der Waals surface area contributed by atoms with E-state index in [9.17, 15) is 0 Å². The quantitative estimate of drug-likeness (QED) is 0.620. The van der Waals surface area contributed by atoms with Crippen LogP contribution in [-0.2, 0) is 0 Å². The second-order valence-corrected chi connectivity index (χ2v) is 5.44. The molecule has 0 amide bonds. The molecule has 2 rings (SSSR count). The number of halogens is 1. The van der Waals surface area contributed by atoms with Gasteiger partial charge in [-0.15, -0.1) is 0 Å². The van der Waals surface area contributed by atoms with Crippen LogP contribution in [0.1, 0.15) is 39.0 Å². The average molecular weight is 217 g/mol. The predicted molar refractivity (Wildman–Crippen MR) is 51.9 cm³/mol. The van der Waals surface area contributed by atoms with Gasteiger partial charge in [0, 0.05) is 4.83 Å². The number of fused-ring (bicyclic) bond motifs is 2. The highest BCUT2D eigenvalue weighted by atomic mass is 79.9. The second-order valence-electron chi connectivity index (χ2n) is 4.26. The third kappa shape index (κ3) is 1.37. The van der Waals surface area contributed by atoms with E-state index in [1.54, 1.807) is 6.42 Å². The van der Waals surface area contributed by atoms with E-state index in [2.05, 4.69) is 22.9 Å². The predicted octanol–water partition coefficient (Wildman–Crippen LogP) is 3.60. The van der Waals surface area contributed by atoms with E-state index in [0.29, 0.717) is 0 Å². The maximum Gasteiger partial charge on any atom is 0.0174 e. The van der Waals surface area contributed by atoms with Gasteiger partial charge >= 0.3 is 0 Å². The first-order valence-electron chi connectivity index (χ1n) is 4.95. The zero-order valence-corrected chi connectivity index (χ0v) is 8.81. The van der Waals surface area contributed by atoms with E-state index in [4.69, 9.17) is 0 Å². The van der Waals surface area contributed by atoms with E-state index in [0.717, 1.165) is 22.6 Å². The molecule has 4 atom stereocenters. The van der Waals surface area contributed by atoms with Crippen LogP contribution in [0.3, 0.4) is 0 Å². The first-order valence-corrected chi connectivity index (χ1v) is 5.87. The molecule has 0 nitrogen and oxygen atoms in total. The van der Waals surface area contributed by atoms with Gasteiger partial charge in [-0.05, 0) is 43.4 Å². The molecular formula is C10H17Br. The molecule has 11 heavy (non-hydrogen) atoms. The van der Waals surface area contributed by atoms with Crippen LogP contribution in [0.25, 0.3) is 0 Å². The molecule has 1 heteroatoms. The smallest absolute Gasteiger partial charge is 0.0174 e. The van der Waals surface area contributed by atoms with Crippen molar-refractivity contribution in [3.8, 4) is 0 Å². The highest BCUT2D eigenvalue weighted by molar-refractivity contribution is 9.09. The summed E-state index contributed by atoms with van der Waals surface area (Å²) in [4.78, 5) is 0.817. The monoisotopic (exact) mass is 216 g/mol. The van der Waals surface area contributed by atoms with Crippen molar-refractivity contribution >= 4 is 15.9 Å². The first-order chi connectivity index (χ1) is 5.31. The van der Waals surface area contributed by atoms with Gasteiger partial charge in [-0.25, -0.2) is 0 Å². The van der Waals surface area contributed by atoms with Crippen molar-refractivity contribution in [3.63, 3.8) is 0 Å². The molecule has 0 aliphatic heterocycles. The highest BCUT2D eigenvalue weighted by Crippen LogP contribution is 2.51. The molecule has 2 fully saturated rings. The van der Waals surface area contributed by atoms with Crippen molar-refractivity contribution in [2.75, 3.05) is 0 Å². The summed E-state index contributed by atoms with van der Waals surface area (Å²) in [7, 11) is 0. The lowest BCUT2D eigenvalue weighted by atomic mass is 9.86. The topological polar surface area (TPSA) is 0 Å². The third-order valence-electron chi connectivity index (χ3n) is 3.65. The zero-order valence-electron chi connectivity index (χ0n) is 7.22. The van der Waals surface area contributed by atoms with Crippen molar-refractivity contribution in [1.29, 1.82) is 0 Å². The van der Waals surface area contributed by atoms with Crippen LogP contribution in [0.2, 0.25) is 0 Å². The van der Waals surface area contributed by atoms with Gasteiger partial charge in [-0.1, -0.05) is 29.3 Å². The van der Waals surface area contributed by atoms with Crippen molar-refractivity contribution < 1.29 is 0 Å². The molecule has 0 heterocycles. The number of hydrogen-bond donors (Lipinski definition) is 0. The molecule has 0 saturated heterocycles. The zero-order chi connectivity index (χ0) is 7.84. The van der Waals surface area contributed by atoms with Gasteiger partial charge in [-0.3, -0.25) is 0 Å². The van der Waals surface area contributed by atoms with Crippen molar-refractivity contribution in [3.05, 3.63) is 0 Å². The molecular weight excluding hydrogens is 200 g/mol. The Hall–Kier alpha value is 0.480. The Morgan fingerprint density at radius 1 is 1.36 bits per heavy atom. The Morgan fingerprint density at radius 3 is 2.64 bits per heavy atom. The molecule has 64 valence electrons. The molecule has 0 N–H and O–H groups in total. The molecule has 2 bridgehead atoms. The number of rotatable bonds is 2. The maximum atomic E-state index is 3.81. The van der Waals surface area contributed by atoms with E-state index in [1.807, 2.05) is 0 Å². The lowest BCUT2D eigenvalue weighted by molar-refractivity contribution is 0.323. The average Bonchev–Trinajstić information content (AvgIpc) is 2.62. The second kappa shape index (κ2) is 3.08. The minimum atomic E-state index is 0.817. The Labute approximate surface area is 77.9 Å². The molecule has 0 aromatic heterocycles. The lowest BCUT2D eigenvalue weighted by Crippen LogP contribution is -2.19.